The SMILES string of the molecule is CC[C@@]12CCCC[C@@H]1[C@@H](NC(=O)OCc1ccccc1)Cc1cc(CO)c(O)cc12. The van der Waals surface area contributed by atoms with Crippen LogP contribution < -0.4 is 5.32 Å². The number of hydrogen-bond donors (Lipinski definition) is 3. The van der Waals surface area contributed by atoms with Crippen LogP contribution in [-0.4, -0.2) is 22.3 Å². The molecule has 160 valence electrons. The lowest BCUT2D eigenvalue weighted by Gasteiger charge is -2.52. The molecule has 0 aromatic heterocycles. The van der Waals surface area contributed by atoms with Crippen molar-refractivity contribution in [1.29, 1.82) is 0 Å². The van der Waals surface area contributed by atoms with Crippen molar-refractivity contribution in [2.24, 2.45) is 5.92 Å². The molecule has 2 aromatic carbocycles. The highest BCUT2D eigenvalue weighted by Gasteiger charge is 2.49. The van der Waals surface area contributed by atoms with Crippen LogP contribution in [0, 0.1) is 5.92 Å². The first-order valence-electron chi connectivity index (χ1n) is 11.0. The second-order valence-electron chi connectivity index (χ2n) is 8.67. The molecule has 0 radical (unpaired) electrons. The number of aliphatic hydroxyl groups is 1. The molecule has 2 aromatic rings. The van der Waals surface area contributed by atoms with Crippen molar-refractivity contribution in [3.63, 3.8) is 0 Å². The molecule has 0 aliphatic heterocycles. The number of rotatable bonds is 5. The molecule has 5 nitrogen and oxygen atoms in total. The van der Waals surface area contributed by atoms with Crippen molar-refractivity contribution in [2.45, 2.75) is 70.1 Å². The number of hydrogen-bond acceptors (Lipinski definition) is 4. The summed E-state index contributed by atoms with van der Waals surface area (Å²) in [7, 11) is 0. The minimum absolute atomic E-state index is 0.0166. The number of amides is 1. The van der Waals surface area contributed by atoms with Crippen LogP contribution in [0.3, 0.4) is 0 Å². The van der Waals surface area contributed by atoms with Crippen LogP contribution in [0.15, 0.2) is 42.5 Å². The maximum Gasteiger partial charge on any atom is 0.407 e. The van der Waals surface area contributed by atoms with Gasteiger partial charge in [0.15, 0.2) is 0 Å². The molecule has 1 fully saturated rings. The lowest BCUT2D eigenvalue weighted by molar-refractivity contribution is 0.0963. The summed E-state index contributed by atoms with van der Waals surface area (Å²) in [6.45, 7) is 2.26. The van der Waals surface area contributed by atoms with Crippen molar-refractivity contribution in [1.82, 2.24) is 5.32 Å². The quantitative estimate of drug-likeness (QED) is 0.676. The third-order valence-electron chi connectivity index (χ3n) is 7.18. The minimum Gasteiger partial charge on any atom is -0.508 e. The van der Waals surface area contributed by atoms with Gasteiger partial charge in [-0.1, -0.05) is 50.1 Å². The van der Waals surface area contributed by atoms with Gasteiger partial charge in [0.25, 0.3) is 0 Å². The average Bonchev–Trinajstić information content (AvgIpc) is 2.78. The van der Waals surface area contributed by atoms with Gasteiger partial charge in [-0.15, -0.1) is 0 Å². The highest BCUT2D eigenvalue weighted by atomic mass is 16.5. The van der Waals surface area contributed by atoms with E-state index in [0.29, 0.717) is 17.9 Å². The van der Waals surface area contributed by atoms with Gasteiger partial charge in [0.2, 0.25) is 0 Å². The first kappa shape index (κ1) is 20.7. The zero-order chi connectivity index (χ0) is 21.1. The molecule has 1 saturated carbocycles. The first-order valence-corrected chi connectivity index (χ1v) is 11.0. The smallest absolute Gasteiger partial charge is 0.407 e. The summed E-state index contributed by atoms with van der Waals surface area (Å²) in [4.78, 5) is 12.6. The lowest BCUT2D eigenvalue weighted by atomic mass is 9.54. The number of ether oxygens (including phenoxy) is 1. The summed E-state index contributed by atoms with van der Waals surface area (Å²) in [5.41, 5.74) is 3.75. The Kier molecular flexibility index (Phi) is 6.00. The van der Waals surface area contributed by atoms with E-state index >= 15 is 0 Å². The van der Waals surface area contributed by atoms with Gasteiger partial charge >= 0.3 is 6.09 Å². The van der Waals surface area contributed by atoms with E-state index in [0.717, 1.165) is 43.2 Å². The Balaban J connectivity index is 1.58. The minimum atomic E-state index is -0.385. The molecule has 30 heavy (non-hydrogen) atoms. The summed E-state index contributed by atoms with van der Waals surface area (Å²) in [5.74, 6) is 0.481. The van der Waals surface area contributed by atoms with E-state index in [-0.39, 0.29) is 36.5 Å². The Morgan fingerprint density at radius 2 is 2.03 bits per heavy atom. The maximum atomic E-state index is 12.6. The monoisotopic (exact) mass is 409 g/mol. The number of alkyl carbamates (subject to hydrolysis) is 1. The predicted octanol–water partition coefficient (Wildman–Crippen LogP) is 4.57. The molecule has 0 saturated heterocycles. The summed E-state index contributed by atoms with van der Waals surface area (Å²) in [6, 6.07) is 13.4. The molecule has 0 heterocycles. The van der Waals surface area contributed by atoms with E-state index < -0.39 is 0 Å². The average molecular weight is 410 g/mol. The molecule has 3 atom stereocenters. The molecule has 0 bridgehead atoms. The molecule has 4 rings (SSSR count). The first-order chi connectivity index (χ1) is 14.6. The second kappa shape index (κ2) is 8.68. The van der Waals surface area contributed by atoms with Crippen LogP contribution in [0.1, 0.15) is 61.3 Å². The Morgan fingerprint density at radius 3 is 2.77 bits per heavy atom. The number of carbonyl (C=O) groups excluding carboxylic acids is 1. The molecular weight excluding hydrogens is 378 g/mol. The lowest BCUT2D eigenvalue weighted by Crippen LogP contribution is -2.55. The molecular formula is C25H31NO4. The van der Waals surface area contributed by atoms with Crippen molar-refractivity contribution < 1.29 is 19.7 Å². The molecule has 3 N–H and O–H groups in total. The summed E-state index contributed by atoms with van der Waals surface area (Å²) in [5, 5.41) is 23.2. The molecule has 1 amide bonds. The van der Waals surface area contributed by atoms with Gasteiger partial charge in [-0.25, -0.2) is 4.79 Å². The van der Waals surface area contributed by atoms with Gasteiger partial charge in [0, 0.05) is 17.0 Å². The summed E-state index contributed by atoms with van der Waals surface area (Å²) >= 11 is 0. The normalized spacial score (nSPS) is 25.1. The zero-order valence-electron chi connectivity index (χ0n) is 17.6. The Bertz CT molecular complexity index is 898. The van der Waals surface area contributed by atoms with Crippen LogP contribution in [0.4, 0.5) is 4.79 Å². The fraction of sp³-hybridized carbons (Fsp3) is 0.480. The summed E-state index contributed by atoms with van der Waals surface area (Å²) in [6.07, 6.45) is 5.67. The van der Waals surface area contributed by atoms with E-state index in [2.05, 4.69) is 12.2 Å². The van der Waals surface area contributed by atoms with Crippen LogP contribution in [0.2, 0.25) is 0 Å². The van der Waals surface area contributed by atoms with Crippen molar-refractivity contribution in [3.8, 4) is 5.75 Å². The number of benzene rings is 2. The van der Waals surface area contributed by atoms with E-state index in [4.69, 9.17) is 4.74 Å². The molecule has 0 unspecified atom stereocenters. The molecule has 2 aliphatic carbocycles. The van der Waals surface area contributed by atoms with Crippen LogP contribution in [0.5, 0.6) is 5.75 Å². The van der Waals surface area contributed by atoms with Gasteiger partial charge < -0.3 is 20.3 Å². The largest absolute Gasteiger partial charge is 0.508 e. The third kappa shape index (κ3) is 3.79. The number of phenols is 1. The van der Waals surface area contributed by atoms with E-state index in [1.54, 1.807) is 0 Å². The molecule has 5 heteroatoms. The predicted molar refractivity (Wildman–Crippen MR) is 115 cm³/mol. The highest BCUT2D eigenvalue weighted by molar-refractivity contribution is 5.68. The third-order valence-corrected chi connectivity index (χ3v) is 7.18. The second-order valence-corrected chi connectivity index (χ2v) is 8.67. The molecule has 0 spiro atoms. The van der Waals surface area contributed by atoms with Crippen LogP contribution in [-0.2, 0) is 29.8 Å². The number of carbonyl (C=O) groups is 1. The molecule has 2 aliphatic rings. The van der Waals surface area contributed by atoms with E-state index in [9.17, 15) is 15.0 Å². The maximum absolute atomic E-state index is 12.6. The van der Waals surface area contributed by atoms with Gasteiger partial charge in [-0.3, -0.25) is 0 Å². The van der Waals surface area contributed by atoms with Crippen LogP contribution >= 0.6 is 0 Å². The Hall–Kier alpha value is -2.53. The van der Waals surface area contributed by atoms with Crippen molar-refractivity contribution >= 4 is 6.09 Å². The topological polar surface area (TPSA) is 78.8 Å². The van der Waals surface area contributed by atoms with E-state index in [1.807, 2.05) is 42.5 Å². The standard InChI is InChI=1S/C25H31NO4/c1-2-25-11-7-6-10-20(25)22(13-18-12-19(15-27)23(28)14-21(18)25)26-24(29)30-16-17-8-4-3-5-9-17/h3-5,8-9,12,14,20,22,27-28H,2,6-7,10-11,13,15-16H2,1H3,(H,26,29)/t20-,22+,25-/m1/s1. The fourth-order valence-electron chi connectivity index (χ4n) is 5.71. The van der Waals surface area contributed by atoms with Crippen molar-refractivity contribution in [2.75, 3.05) is 0 Å². The number of aliphatic hydroxyl groups excluding tert-OH is 1. The number of fused-ring (bicyclic) bond motifs is 3. The van der Waals surface area contributed by atoms with Gasteiger partial charge in [0.1, 0.15) is 12.4 Å². The Labute approximate surface area is 178 Å². The van der Waals surface area contributed by atoms with Crippen LogP contribution in [0.25, 0.3) is 0 Å². The number of nitrogens with one attached hydrogen (secondary N) is 1. The van der Waals surface area contributed by atoms with Gasteiger partial charge in [-0.2, -0.15) is 0 Å². The highest BCUT2D eigenvalue weighted by Crippen LogP contribution is 2.53. The fourth-order valence-corrected chi connectivity index (χ4v) is 5.71. The zero-order valence-corrected chi connectivity index (χ0v) is 17.6. The Morgan fingerprint density at radius 1 is 1.23 bits per heavy atom. The van der Waals surface area contributed by atoms with E-state index in [1.165, 1.54) is 5.56 Å². The number of aromatic hydroxyl groups is 1. The van der Waals surface area contributed by atoms with Crippen molar-refractivity contribution in [3.05, 3.63) is 64.7 Å². The summed E-state index contributed by atoms with van der Waals surface area (Å²) < 4.78 is 5.50. The van der Waals surface area contributed by atoms with Gasteiger partial charge in [-0.05, 0) is 60.4 Å². The van der Waals surface area contributed by atoms with Gasteiger partial charge in [0.05, 0.1) is 6.61 Å².